The standard InChI is InChI=1S/C17H15BrO3/c1-20-16-10-8-13(18)11-12(16)7-9-15(19)14-5-3-4-6-17(14)21-2/h3-11H,1-2H3/b9-7+. The molecule has 0 aliphatic rings. The van der Waals surface area contributed by atoms with E-state index < -0.39 is 0 Å². The van der Waals surface area contributed by atoms with Gasteiger partial charge in [0.15, 0.2) is 5.78 Å². The number of ketones is 1. The number of carbonyl (C=O) groups excluding carboxylic acids is 1. The maximum Gasteiger partial charge on any atom is 0.189 e. The van der Waals surface area contributed by atoms with Crippen molar-refractivity contribution in [1.82, 2.24) is 0 Å². The van der Waals surface area contributed by atoms with Gasteiger partial charge in [0.2, 0.25) is 0 Å². The van der Waals surface area contributed by atoms with Crippen molar-refractivity contribution in [3.05, 3.63) is 64.1 Å². The Morgan fingerprint density at radius 3 is 2.48 bits per heavy atom. The average Bonchev–Trinajstić information content (AvgIpc) is 2.52. The van der Waals surface area contributed by atoms with Crippen LogP contribution < -0.4 is 9.47 Å². The van der Waals surface area contributed by atoms with Crippen LogP contribution in [-0.4, -0.2) is 20.0 Å². The Labute approximate surface area is 132 Å². The highest BCUT2D eigenvalue weighted by molar-refractivity contribution is 9.10. The molecule has 0 saturated carbocycles. The molecule has 0 fully saturated rings. The van der Waals surface area contributed by atoms with E-state index >= 15 is 0 Å². The third-order valence-electron chi connectivity index (χ3n) is 2.98. The molecule has 4 heteroatoms. The molecule has 2 aromatic carbocycles. The van der Waals surface area contributed by atoms with E-state index in [9.17, 15) is 4.79 Å². The van der Waals surface area contributed by atoms with Crippen LogP contribution in [0.3, 0.4) is 0 Å². The Morgan fingerprint density at radius 1 is 1.05 bits per heavy atom. The first-order chi connectivity index (χ1) is 10.2. The SMILES string of the molecule is COc1ccc(Br)cc1/C=C/C(=O)c1ccccc1OC. The van der Waals surface area contributed by atoms with Crippen molar-refractivity contribution < 1.29 is 14.3 Å². The third kappa shape index (κ3) is 3.73. The monoisotopic (exact) mass is 346 g/mol. The van der Waals surface area contributed by atoms with E-state index in [1.54, 1.807) is 32.4 Å². The van der Waals surface area contributed by atoms with Gasteiger partial charge in [0, 0.05) is 10.0 Å². The summed E-state index contributed by atoms with van der Waals surface area (Å²) in [4.78, 5) is 12.3. The zero-order valence-electron chi connectivity index (χ0n) is 11.8. The van der Waals surface area contributed by atoms with E-state index in [0.717, 1.165) is 10.0 Å². The minimum Gasteiger partial charge on any atom is -0.496 e. The fourth-order valence-corrected chi connectivity index (χ4v) is 2.32. The molecule has 0 saturated heterocycles. The van der Waals surface area contributed by atoms with Gasteiger partial charge in [-0.25, -0.2) is 0 Å². The largest absolute Gasteiger partial charge is 0.496 e. The Hall–Kier alpha value is -2.07. The molecule has 0 aromatic heterocycles. The minimum absolute atomic E-state index is 0.116. The van der Waals surface area contributed by atoms with Gasteiger partial charge in [0.05, 0.1) is 19.8 Å². The van der Waals surface area contributed by atoms with E-state index in [1.807, 2.05) is 30.3 Å². The van der Waals surface area contributed by atoms with Crippen LogP contribution in [0.5, 0.6) is 11.5 Å². The zero-order valence-corrected chi connectivity index (χ0v) is 13.4. The topological polar surface area (TPSA) is 35.5 Å². The summed E-state index contributed by atoms with van der Waals surface area (Å²) in [6.45, 7) is 0. The first-order valence-electron chi connectivity index (χ1n) is 6.34. The number of hydrogen-bond acceptors (Lipinski definition) is 3. The van der Waals surface area contributed by atoms with Gasteiger partial charge < -0.3 is 9.47 Å². The molecule has 0 atom stereocenters. The second kappa shape index (κ2) is 7.09. The normalized spacial score (nSPS) is 10.6. The molecular weight excluding hydrogens is 332 g/mol. The fourth-order valence-electron chi connectivity index (χ4n) is 1.94. The van der Waals surface area contributed by atoms with Gasteiger partial charge in [0.25, 0.3) is 0 Å². The number of benzene rings is 2. The summed E-state index contributed by atoms with van der Waals surface area (Å²) in [6, 6.07) is 12.8. The van der Waals surface area contributed by atoms with E-state index in [-0.39, 0.29) is 5.78 Å². The fraction of sp³-hybridized carbons (Fsp3) is 0.118. The zero-order chi connectivity index (χ0) is 15.2. The van der Waals surface area contributed by atoms with Gasteiger partial charge in [-0.1, -0.05) is 28.1 Å². The summed E-state index contributed by atoms with van der Waals surface area (Å²) in [7, 11) is 3.15. The molecule has 2 rings (SSSR count). The van der Waals surface area contributed by atoms with Crippen LogP contribution in [0.1, 0.15) is 15.9 Å². The Morgan fingerprint density at radius 2 is 1.76 bits per heavy atom. The van der Waals surface area contributed by atoms with Crippen molar-refractivity contribution >= 4 is 27.8 Å². The van der Waals surface area contributed by atoms with Crippen molar-refractivity contribution in [3.8, 4) is 11.5 Å². The smallest absolute Gasteiger partial charge is 0.189 e. The molecule has 0 aliphatic heterocycles. The predicted octanol–water partition coefficient (Wildman–Crippen LogP) is 4.36. The number of para-hydroxylation sites is 1. The minimum atomic E-state index is -0.116. The molecule has 0 N–H and O–H groups in total. The molecule has 0 radical (unpaired) electrons. The summed E-state index contributed by atoms with van der Waals surface area (Å²) < 4.78 is 11.4. The molecule has 0 spiro atoms. The highest BCUT2D eigenvalue weighted by Crippen LogP contribution is 2.25. The summed E-state index contributed by atoms with van der Waals surface area (Å²) in [6.07, 6.45) is 3.25. The van der Waals surface area contributed by atoms with Gasteiger partial charge >= 0.3 is 0 Å². The predicted molar refractivity (Wildman–Crippen MR) is 87.1 cm³/mol. The van der Waals surface area contributed by atoms with Crippen molar-refractivity contribution in [2.75, 3.05) is 14.2 Å². The van der Waals surface area contributed by atoms with E-state index in [4.69, 9.17) is 9.47 Å². The molecule has 3 nitrogen and oxygen atoms in total. The average molecular weight is 347 g/mol. The summed E-state index contributed by atoms with van der Waals surface area (Å²) in [5.41, 5.74) is 1.36. The second-order valence-corrected chi connectivity index (χ2v) is 5.20. The van der Waals surface area contributed by atoms with Crippen LogP contribution in [0.15, 0.2) is 53.0 Å². The number of hydrogen-bond donors (Lipinski definition) is 0. The summed E-state index contributed by atoms with van der Waals surface area (Å²) >= 11 is 3.41. The molecular formula is C17H15BrO3. The molecule has 108 valence electrons. The van der Waals surface area contributed by atoms with Gasteiger partial charge in [0.1, 0.15) is 11.5 Å². The van der Waals surface area contributed by atoms with Crippen molar-refractivity contribution in [1.29, 1.82) is 0 Å². The molecule has 0 aliphatic carbocycles. The molecule has 2 aromatic rings. The lowest BCUT2D eigenvalue weighted by Crippen LogP contribution is -1.98. The Bertz CT molecular complexity index is 677. The number of allylic oxidation sites excluding steroid dienone is 1. The number of ether oxygens (including phenoxy) is 2. The number of carbonyl (C=O) groups is 1. The first kappa shape index (κ1) is 15.3. The van der Waals surface area contributed by atoms with Crippen LogP contribution in [0.4, 0.5) is 0 Å². The van der Waals surface area contributed by atoms with Crippen LogP contribution in [0, 0.1) is 0 Å². The molecule has 0 amide bonds. The Kier molecular flexibility index (Phi) is 5.17. The number of halogens is 1. The quantitative estimate of drug-likeness (QED) is 0.595. The lowest BCUT2D eigenvalue weighted by Gasteiger charge is -2.06. The van der Waals surface area contributed by atoms with Gasteiger partial charge in [-0.05, 0) is 42.5 Å². The van der Waals surface area contributed by atoms with Crippen molar-refractivity contribution in [2.24, 2.45) is 0 Å². The first-order valence-corrected chi connectivity index (χ1v) is 7.14. The van der Waals surface area contributed by atoms with Crippen LogP contribution in [-0.2, 0) is 0 Å². The summed E-state index contributed by atoms with van der Waals surface area (Å²) in [5, 5.41) is 0. The molecule has 21 heavy (non-hydrogen) atoms. The molecule has 0 unspecified atom stereocenters. The van der Waals surface area contributed by atoms with Crippen LogP contribution >= 0.6 is 15.9 Å². The number of rotatable bonds is 5. The number of methoxy groups -OCH3 is 2. The summed E-state index contributed by atoms with van der Waals surface area (Å²) in [5.74, 6) is 1.16. The van der Waals surface area contributed by atoms with Crippen LogP contribution in [0.2, 0.25) is 0 Å². The maximum atomic E-state index is 12.3. The van der Waals surface area contributed by atoms with Gasteiger partial charge in [-0.2, -0.15) is 0 Å². The van der Waals surface area contributed by atoms with Gasteiger partial charge in [-0.15, -0.1) is 0 Å². The van der Waals surface area contributed by atoms with E-state index in [2.05, 4.69) is 15.9 Å². The lowest BCUT2D eigenvalue weighted by atomic mass is 10.1. The van der Waals surface area contributed by atoms with E-state index in [1.165, 1.54) is 6.08 Å². The van der Waals surface area contributed by atoms with E-state index in [0.29, 0.717) is 17.1 Å². The highest BCUT2D eigenvalue weighted by Gasteiger charge is 2.08. The van der Waals surface area contributed by atoms with Crippen LogP contribution in [0.25, 0.3) is 6.08 Å². The molecule has 0 heterocycles. The van der Waals surface area contributed by atoms with Crippen molar-refractivity contribution in [3.63, 3.8) is 0 Å². The Balaban J connectivity index is 2.29. The maximum absolute atomic E-state index is 12.3. The highest BCUT2D eigenvalue weighted by atomic mass is 79.9. The second-order valence-electron chi connectivity index (χ2n) is 4.28. The molecule has 0 bridgehead atoms. The lowest BCUT2D eigenvalue weighted by molar-refractivity contribution is 0.104. The van der Waals surface area contributed by atoms with Gasteiger partial charge in [-0.3, -0.25) is 4.79 Å². The third-order valence-corrected chi connectivity index (χ3v) is 3.47. The van der Waals surface area contributed by atoms with Crippen molar-refractivity contribution in [2.45, 2.75) is 0 Å².